The molecule has 0 aliphatic carbocycles. The van der Waals surface area contributed by atoms with Gasteiger partial charge in [-0.1, -0.05) is 0 Å². The second-order valence-electron chi connectivity index (χ2n) is 3.62. The van der Waals surface area contributed by atoms with E-state index in [0.29, 0.717) is 0 Å². The van der Waals surface area contributed by atoms with Crippen LogP contribution in [0.3, 0.4) is 0 Å². The van der Waals surface area contributed by atoms with E-state index in [1.54, 1.807) is 0 Å². The molecule has 4 heteroatoms. The van der Waals surface area contributed by atoms with Gasteiger partial charge in [-0.2, -0.15) is 0 Å². The van der Waals surface area contributed by atoms with E-state index < -0.39 is 0 Å². The molecule has 0 amide bonds. The number of hydrogen-bond donors (Lipinski definition) is 0. The van der Waals surface area contributed by atoms with Crippen molar-refractivity contribution in [3.8, 4) is 0 Å². The molecule has 1 heterocycles. The SMILES string of the molecule is C[N]1CCCOCCC[N](C)[AlH]1. The summed E-state index contributed by atoms with van der Waals surface area (Å²) >= 11 is -0.126. The van der Waals surface area contributed by atoms with E-state index in [1.807, 2.05) is 0 Å². The standard InChI is InChI=1S/C8H18N2O.Al.H/c1-9-5-3-7-11-8-4-6-10-2;;/h3-8H2,1-2H3;;/q-2;+2;. The summed E-state index contributed by atoms with van der Waals surface area (Å²) in [6.07, 6.45) is 2.38. The second-order valence-corrected chi connectivity index (χ2v) is 6.06. The Morgan fingerprint density at radius 3 is 2.00 bits per heavy atom. The molecule has 1 aliphatic heterocycles. The van der Waals surface area contributed by atoms with Crippen molar-refractivity contribution in [1.29, 1.82) is 0 Å². The van der Waals surface area contributed by atoms with Gasteiger partial charge in [0.25, 0.3) is 0 Å². The fraction of sp³-hybridized carbons (Fsp3) is 1.00. The molecule has 3 nitrogen and oxygen atoms in total. The summed E-state index contributed by atoms with van der Waals surface area (Å²) in [5.41, 5.74) is 0. The van der Waals surface area contributed by atoms with Crippen molar-refractivity contribution in [2.75, 3.05) is 40.4 Å². The molecular formula is C8H19AlN2O. The van der Waals surface area contributed by atoms with Crippen LogP contribution >= 0.6 is 0 Å². The summed E-state index contributed by atoms with van der Waals surface area (Å²) < 4.78 is 10.4. The first-order chi connectivity index (χ1) is 5.79. The highest BCUT2D eigenvalue weighted by molar-refractivity contribution is 6.28. The van der Waals surface area contributed by atoms with Crippen LogP contribution in [-0.4, -0.2) is 63.8 Å². The molecule has 0 atom stereocenters. The molecule has 70 valence electrons. The zero-order valence-electron chi connectivity index (χ0n) is 8.25. The van der Waals surface area contributed by atoms with Gasteiger partial charge in [0.15, 0.2) is 0 Å². The molecule has 12 heavy (non-hydrogen) atoms. The van der Waals surface area contributed by atoms with Crippen LogP contribution in [0.2, 0.25) is 0 Å². The molecule has 0 saturated carbocycles. The van der Waals surface area contributed by atoms with Crippen LogP contribution < -0.4 is 0 Å². The van der Waals surface area contributed by atoms with Crippen LogP contribution in [0.25, 0.3) is 0 Å². The summed E-state index contributed by atoms with van der Waals surface area (Å²) in [6, 6.07) is 0. The van der Waals surface area contributed by atoms with Gasteiger partial charge in [0, 0.05) is 13.2 Å². The Hall–Kier alpha value is 0.412. The maximum atomic E-state index is 5.47. The minimum atomic E-state index is -0.126. The molecule has 0 spiro atoms. The first-order valence-electron chi connectivity index (χ1n) is 4.74. The number of hydrogen-bond acceptors (Lipinski definition) is 3. The molecule has 1 aliphatic rings. The summed E-state index contributed by atoms with van der Waals surface area (Å²) in [6.45, 7) is 4.30. The van der Waals surface area contributed by atoms with Crippen molar-refractivity contribution in [3.05, 3.63) is 0 Å². The highest BCUT2D eigenvalue weighted by Gasteiger charge is 2.09. The maximum absolute atomic E-state index is 5.47. The van der Waals surface area contributed by atoms with E-state index in [1.165, 1.54) is 25.9 Å². The molecule has 1 rings (SSSR count). The Labute approximate surface area is 81.8 Å². The minimum absolute atomic E-state index is 0.126. The van der Waals surface area contributed by atoms with Crippen LogP contribution in [-0.2, 0) is 4.74 Å². The molecule has 0 unspecified atom stereocenters. The van der Waals surface area contributed by atoms with Crippen molar-refractivity contribution in [1.82, 2.24) is 7.77 Å². The third-order valence-electron chi connectivity index (χ3n) is 2.14. The van der Waals surface area contributed by atoms with Gasteiger partial charge in [-0.15, -0.1) is 0 Å². The van der Waals surface area contributed by atoms with Crippen LogP contribution in [0.5, 0.6) is 0 Å². The average molecular weight is 186 g/mol. The highest BCUT2D eigenvalue weighted by Crippen LogP contribution is 1.95. The Balaban J connectivity index is 2.24. The van der Waals surface area contributed by atoms with E-state index in [4.69, 9.17) is 4.74 Å². The van der Waals surface area contributed by atoms with E-state index in [-0.39, 0.29) is 15.7 Å². The number of rotatable bonds is 0. The normalized spacial score (nSPS) is 24.8. The van der Waals surface area contributed by atoms with Crippen LogP contribution in [0.1, 0.15) is 12.8 Å². The zero-order valence-corrected chi connectivity index (χ0v) is 9.67. The van der Waals surface area contributed by atoms with Gasteiger partial charge in [-0.3, -0.25) is 0 Å². The van der Waals surface area contributed by atoms with Gasteiger partial charge in [0.1, 0.15) is 0 Å². The van der Waals surface area contributed by atoms with Crippen LogP contribution in [0.15, 0.2) is 0 Å². The first kappa shape index (κ1) is 10.5. The van der Waals surface area contributed by atoms with E-state index in [9.17, 15) is 0 Å². The van der Waals surface area contributed by atoms with Crippen molar-refractivity contribution in [2.24, 2.45) is 0 Å². The molecular weight excluding hydrogens is 167 g/mol. The van der Waals surface area contributed by atoms with Crippen molar-refractivity contribution in [2.45, 2.75) is 12.8 Å². The number of ether oxygens (including phenoxy) is 1. The average Bonchev–Trinajstić information content (AvgIpc) is 2.02. The fourth-order valence-corrected chi connectivity index (χ4v) is 3.08. The van der Waals surface area contributed by atoms with E-state index in [0.717, 1.165) is 13.2 Å². The van der Waals surface area contributed by atoms with Gasteiger partial charge >= 0.3 is 15.7 Å². The summed E-state index contributed by atoms with van der Waals surface area (Å²) in [5.74, 6) is 0. The molecule has 0 aromatic rings. The third kappa shape index (κ3) is 4.44. The Bertz CT molecular complexity index is 112. The van der Waals surface area contributed by atoms with Crippen molar-refractivity contribution >= 4 is 15.7 Å². The Kier molecular flexibility index (Phi) is 5.21. The topological polar surface area (TPSA) is 15.7 Å². The summed E-state index contributed by atoms with van der Waals surface area (Å²) in [4.78, 5) is 0. The van der Waals surface area contributed by atoms with Gasteiger partial charge in [-0.25, -0.2) is 0 Å². The minimum Gasteiger partial charge on any atom is -0.381 e. The second kappa shape index (κ2) is 5.96. The Morgan fingerprint density at radius 2 is 1.50 bits per heavy atom. The van der Waals surface area contributed by atoms with Crippen LogP contribution in [0, 0.1) is 0 Å². The molecule has 1 fully saturated rings. The van der Waals surface area contributed by atoms with Crippen molar-refractivity contribution < 1.29 is 4.74 Å². The van der Waals surface area contributed by atoms with E-state index >= 15 is 0 Å². The molecule has 0 aromatic carbocycles. The smallest absolute Gasteiger partial charge is 0.381 e. The van der Waals surface area contributed by atoms with Crippen molar-refractivity contribution in [3.63, 3.8) is 0 Å². The quantitative estimate of drug-likeness (QED) is 0.492. The van der Waals surface area contributed by atoms with Gasteiger partial charge in [0.05, 0.1) is 0 Å². The maximum Gasteiger partial charge on any atom is 0.462 e. The predicted octanol–water partition coefficient (Wildman–Crippen LogP) is -0.0731. The first-order valence-corrected chi connectivity index (χ1v) is 6.00. The largest absolute Gasteiger partial charge is 0.462 e. The Morgan fingerprint density at radius 1 is 1.00 bits per heavy atom. The van der Waals surface area contributed by atoms with E-state index in [2.05, 4.69) is 21.9 Å². The highest BCUT2D eigenvalue weighted by atomic mass is 27.1. The molecule has 0 aromatic heterocycles. The number of nitrogens with zero attached hydrogens (tertiary/aromatic N) is 2. The van der Waals surface area contributed by atoms with Gasteiger partial charge < -0.3 is 12.5 Å². The lowest BCUT2D eigenvalue weighted by atomic mass is 10.4. The predicted molar refractivity (Wildman–Crippen MR) is 52.5 cm³/mol. The van der Waals surface area contributed by atoms with Gasteiger partial charge in [0.2, 0.25) is 0 Å². The molecule has 1 saturated heterocycles. The monoisotopic (exact) mass is 186 g/mol. The lowest BCUT2D eigenvalue weighted by molar-refractivity contribution is 0.119. The lowest BCUT2D eigenvalue weighted by Crippen LogP contribution is -2.39. The van der Waals surface area contributed by atoms with Gasteiger partial charge in [-0.05, 0) is 40.0 Å². The fourth-order valence-electron chi connectivity index (χ4n) is 1.53. The van der Waals surface area contributed by atoms with Crippen LogP contribution in [0.4, 0.5) is 0 Å². The molecule has 0 bridgehead atoms. The lowest BCUT2D eigenvalue weighted by Gasteiger charge is -2.24. The molecule has 0 radical (unpaired) electrons. The zero-order chi connectivity index (χ0) is 8.81. The third-order valence-corrected chi connectivity index (χ3v) is 3.74. The molecule has 0 N–H and O–H groups in total. The summed E-state index contributed by atoms with van der Waals surface area (Å²) in [5, 5.41) is 0. The summed E-state index contributed by atoms with van der Waals surface area (Å²) in [7, 11) is 4.45.